The Morgan fingerprint density at radius 1 is 1.12 bits per heavy atom. The van der Waals surface area contributed by atoms with Gasteiger partial charge in [-0.3, -0.25) is 4.79 Å². The minimum atomic E-state index is -0.173. The summed E-state index contributed by atoms with van der Waals surface area (Å²) in [6.07, 6.45) is 0.834. The van der Waals surface area contributed by atoms with Gasteiger partial charge in [0.2, 0.25) is 5.91 Å². The lowest BCUT2D eigenvalue weighted by atomic mass is 10.1. The van der Waals surface area contributed by atoms with Crippen LogP contribution in [0.15, 0.2) is 48.5 Å². The molecule has 2 aromatic rings. The van der Waals surface area contributed by atoms with Gasteiger partial charge in [-0.2, -0.15) is 0 Å². The highest BCUT2D eigenvalue weighted by Gasteiger charge is 2.20. The van der Waals surface area contributed by atoms with Crippen molar-refractivity contribution in [3.05, 3.63) is 54.1 Å². The van der Waals surface area contributed by atoms with Crippen molar-refractivity contribution in [2.24, 2.45) is 0 Å². The van der Waals surface area contributed by atoms with Crippen LogP contribution in [-0.4, -0.2) is 31.7 Å². The Kier molecular flexibility index (Phi) is 5.21. The van der Waals surface area contributed by atoms with Gasteiger partial charge in [-0.15, -0.1) is 0 Å². The number of amides is 1. The number of aryl methyl sites for hydroxylation is 1. The highest BCUT2D eigenvalue weighted by molar-refractivity contribution is 5.80. The number of rotatable bonds is 6. The molecule has 0 saturated heterocycles. The van der Waals surface area contributed by atoms with Gasteiger partial charge in [0.1, 0.15) is 12.7 Å². The molecule has 1 heterocycles. The van der Waals surface area contributed by atoms with Gasteiger partial charge in [-0.05, 0) is 36.2 Å². The molecule has 0 fully saturated rings. The fourth-order valence-electron chi connectivity index (χ4n) is 2.49. The maximum Gasteiger partial charge on any atom is 0.239 e. The molecule has 3 rings (SSSR count). The molecule has 1 atom stereocenters. The predicted molar refractivity (Wildman–Crippen MR) is 93.7 cm³/mol. The molecule has 0 aliphatic carbocycles. The third-order valence-electron chi connectivity index (χ3n) is 3.91. The number of hydrogen-bond acceptors (Lipinski definition) is 4. The van der Waals surface area contributed by atoms with E-state index in [9.17, 15) is 4.79 Å². The lowest BCUT2D eigenvalue weighted by Gasteiger charge is -2.26. The summed E-state index contributed by atoms with van der Waals surface area (Å²) in [7, 11) is 0. The third kappa shape index (κ3) is 4.19. The summed E-state index contributed by atoms with van der Waals surface area (Å²) in [5, 5.41) is 5.98. The molecule has 2 aromatic carbocycles. The molecule has 0 radical (unpaired) electrons. The summed E-state index contributed by atoms with van der Waals surface area (Å²) in [5.41, 5.74) is 2.22. The summed E-state index contributed by atoms with van der Waals surface area (Å²) >= 11 is 0. The van der Waals surface area contributed by atoms with Crippen LogP contribution >= 0.6 is 0 Å². The summed E-state index contributed by atoms with van der Waals surface area (Å²) in [6.45, 7) is 3.20. The van der Waals surface area contributed by atoms with E-state index in [1.165, 1.54) is 5.56 Å². The van der Waals surface area contributed by atoms with Crippen LogP contribution in [0.25, 0.3) is 0 Å². The van der Waals surface area contributed by atoms with Gasteiger partial charge < -0.3 is 20.1 Å². The fourth-order valence-corrected chi connectivity index (χ4v) is 2.49. The van der Waals surface area contributed by atoms with Crippen molar-refractivity contribution >= 4 is 11.6 Å². The molecule has 0 spiro atoms. The van der Waals surface area contributed by atoms with Crippen molar-refractivity contribution in [2.45, 2.75) is 19.4 Å². The lowest BCUT2D eigenvalue weighted by molar-refractivity contribution is -0.119. The van der Waals surface area contributed by atoms with Crippen LogP contribution in [0.2, 0.25) is 0 Å². The Hall–Kier alpha value is -2.69. The molecule has 1 unspecified atom stereocenters. The Balaban J connectivity index is 1.41. The van der Waals surface area contributed by atoms with E-state index < -0.39 is 0 Å². The van der Waals surface area contributed by atoms with E-state index >= 15 is 0 Å². The normalized spacial score (nSPS) is 15.6. The number of ether oxygens (including phenoxy) is 2. The average Bonchev–Trinajstić information content (AvgIpc) is 2.65. The summed E-state index contributed by atoms with van der Waals surface area (Å²) < 4.78 is 11.4. The molecule has 0 saturated carbocycles. The van der Waals surface area contributed by atoms with Crippen LogP contribution < -0.4 is 20.1 Å². The van der Waals surface area contributed by atoms with Crippen LogP contribution in [0.4, 0.5) is 5.69 Å². The van der Waals surface area contributed by atoms with Crippen molar-refractivity contribution in [1.82, 2.24) is 5.32 Å². The van der Waals surface area contributed by atoms with Gasteiger partial charge in [-0.1, -0.05) is 31.2 Å². The second-order valence-corrected chi connectivity index (χ2v) is 5.71. The zero-order valence-electron chi connectivity index (χ0n) is 13.7. The van der Waals surface area contributed by atoms with E-state index in [1.807, 2.05) is 36.4 Å². The number of benzene rings is 2. The first-order valence-corrected chi connectivity index (χ1v) is 8.22. The van der Waals surface area contributed by atoms with Gasteiger partial charge in [-0.25, -0.2) is 0 Å². The van der Waals surface area contributed by atoms with Gasteiger partial charge in [0.05, 0.1) is 13.1 Å². The fraction of sp³-hybridized carbons (Fsp3) is 0.316. The monoisotopic (exact) mass is 326 g/mol. The van der Waals surface area contributed by atoms with E-state index in [1.54, 1.807) is 0 Å². The van der Waals surface area contributed by atoms with Crippen molar-refractivity contribution in [3.8, 4) is 11.5 Å². The molecule has 5 heteroatoms. The second-order valence-electron chi connectivity index (χ2n) is 5.71. The van der Waals surface area contributed by atoms with Gasteiger partial charge in [0.25, 0.3) is 0 Å². The first-order chi connectivity index (χ1) is 11.7. The number of carbonyl (C=O) groups excluding carboxylic acids is 1. The Morgan fingerprint density at radius 2 is 1.88 bits per heavy atom. The molecular formula is C19H22N2O3. The Bertz CT molecular complexity index is 685. The Morgan fingerprint density at radius 3 is 2.62 bits per heavy atom. The molecule has 1 aliphatic heterocycles. The number of hydrogen-bond donors (Lipinski definition) is 2. The smallest absolute Gasteiger partial charge is 0.239 e. The predicted octanol–water partition coefficient (Wildman–Crippen LogP) is 2.62. The Labute approximate surface area is 142 Å². The summed E-state index contributed by atoms with van der Waals surface area (Å²) in [6, 6.07) is 15.6. The standard InChI is InChI=1S/C19H22N2O3/c1-2-14-7-9-15(10-8-14)20-12-19(22)21-11-16-13-23-17-5-3-4-6-18(17)24-16/h3-10,16,20H,2,11-13H2,1H3,(H,21,22). The highest BCUT2D eigenvalue weighted by Crippen LogP contribution is 2.30. The molecule has 126 valence electrons. The van der Waals surface area contributed by atoms with Crippen molar-refractivity contribution in [2.75, 3.05) is 25.0 Å². The minimum absolute atomic E-state index is 0.0722. The van der Waals surface area contributed by atoms with E-state index in [-0.39, 0.29) is 18.6 Å². The SMILES string of the molecule is CCc1ccc(NCC(=O)NCC2COc3ccccc3O2)cc1. The minimum Gasteiger partial charge on any atom is -0.486 e. The van der Waals surface area contributed by atoms with Crippen molar-refractivity contribution in [3.63, 3.8) is 0 Å². The lowest BCUT2D eigenvalue weighted by Crippen LogP contribution is -2.42. The van der Waals surface area contributed by atoms with Gasteiger partial charge in [0, 0.05) is 5.69 Å². The average molecular weight is 326 g/mol. The maximum absolute atomic E-state index is 12.0. The van der Waals surface area contributed by atoms with E-state index in [4.69, 9.17) is 9.47 Å². The van der Waals surface area contributed by atoms with Gasteiger partial charge in [0.15, 0.2) is 11.5 Å². The maximum atomic E-state index is 12.0. The molecule has 0 bridgehead atoms. The van der Waals surface area contributed by atoms with Crippen molar-refractivity contribution in [1.29, 1.82) is 0 Å². The largest absolute Gasteiger partial charge is 0.486 e. The molecular weight excluding hydrogens is 304 g/mol. The molecule has 2 N–H and O–H groups in total. The summed E-state index contributed by atoms with van der Waals surface area (Å²) in [4.78, 5) is 12.0. The number of anilines is 1. The van der Waals surface area contributed by atoms with Crippen LogP contribution in [0.1, 0.15) is 12.5 Å². The number of nitrogens with one attached hydrogen (secondary N) is 2. The quantitative estimate of drug-likeness (QED) is 0.857. The van der Waals surface area contributed by atoms with Crippen LogP contribution in [0.5, 0.6) is 11.5 Å². The second kappa shape index (κ2) is 7.73. The van der Waals surface area contributed by atoms with E-state index in [2.05, 4.69) is 29.7 Å². The van der Waals surface area contributed by atoms with Crippen LogP contribution in [0, 0.1) is 0 Å². The molecule has 24 heavy (non-hydrogen) atoms. The van der Waals surface area contributed by atoms with Crippen LogP contribution in [-0.2, 0) is 11.2 Å². The molecule has 1 amide bonds. The molecule has 5 nitrogen and oxygen atoms in total. The van der Waals surface area contributed by atoms with Gasteiger partial charge >= 0.3 is 0 Å². The van der Waals surface area contributed by atoms with Crippen LogP contribution in [0.3, 0.4) is 0 Å². The van der Waals surface area contributed by atoms with E-state index in [0.29, 0.717) is 13.2 Å². The van der Waals surface area contributed by atoms with Crippen molar-refractivity contribution < 1.29 is 14.3 Å². The zero-order chi connectivity index (χ0) is 16.8. The number of para-hydroxylation sites is 2. The zero-order valence-corrected chi connectivity index (χ0v) is 13.7. The number of carbonyl (C=O) groups is 1. The molecule has 0 aromatic heterocycles. The van der Waals surface area contributed by atoms with E-state index in [0.717, 1.165) is 23.6 Å². The molecule has 1 aliphatic rings. The third-order valence-corrected chi connectivity index (χ3v) is 3.91. The highest BCUT2D eigenvalue weighted by atomic mass is 16.6. The first kappa shape index (κ1) is 16.2. The number of fused-ring (bicyclic) bond motifs is 1. The topological polar surface area (TPSA) is 59.6 Å². The summed E-state index contributed by atoms with van der Waals surface area (Å²) in [5.74, 6) is 1.39. The first-order valence-electron chi connectivity index (χ1n) is 8.22.